The van der Waals surface area contributed by atoms with E-state index in [1.807, 2.05) is 198 Å². The molecule has 0 bridgehead atoms. The van der Waals surface area contributed by atoms with Crippen molar-refractivity contribution in [2.75, 3.05) is 58.0 Å². The van der Waals surface area contributed by atoms with Crippen molar-refractivity contribution < 1.29 is 58.1 Å². The average molecular weight is 1850 g/mol. The van der Waals surface area contributed by atoms with E-state index in [-0.39, 0.29) is 64.4 Å². The highest BCUT2D eigenvalue weighted by Gasteiger charge is 2.27. The van der Waals surface area contributed by atoms with Gasteiger partial charge >= 0.3 is 17.3 Å². The normalized spacial score (nSPS) is 11.6. The SMILES string of the molecule is CCCC(N)c1cc(-n2c(-c3cc(C(C)C)c(C)cc3OCc3ccccc3)n[nH]c2=O)ccc1OC.CCCC(N)c1cc(-n2c(-c3cc(C(C)C)c(O)cc3O)n[nH]c2=O)ccc1OC.CCCC(N)c1cc(N)ccc1OC.CCCN(C)c1cc(NC(=O)c2cc(C(C)C)c(C)cc2OCc2ccccc2)ccc1OC.Cc1cc(OCc2ccccc2)c(C(=O)O)cc1C(C)C. The number of H-pyrrole nitrogens is 2. The molecule has 2 heterocycles. The van der Waals surface area contributed by atoms with E-state index in [4.69, 9.17) is 56.1 Å². The summed E-state index contributed by atoms with van der Waals surface area (Å²) in [4.78, 5) is 52.7. The first-order valence-electron chi connectivity index (χ1n) is 46.5. The van der Waals surface area contributed by atoms with Crippen LogP contribution in [0.3, 0.4) is 0 Å². The van der Waals surface area contributed by atoms with Gasteiger partial charge in [-0.05, 0) is 241 Å². The number of carbonyl (C=O) groups is 2. The number of amides is 1. The van der Waals surface area contributed by atoms with Crippen LogP contribution in [0.1, 0.15) is 263 Å². The van der Waals surface area contributed by atoms with Crippen molar-refractivity contribution in [1.82, 2.24) is 29.5 Å². The van der Waals surface area contributed by atoms with Crippen molar-refractivity contribution in [2.24, 2.45) is 17.2 Å². The molecule has 0 saturated carbocycles. The lowest BCUT2D eigenvalue weighted by molar-refractivity contribution is 0.0691. The molecule has 722 valence electrons. The molecule has 13 rings (SSSR count). The van der Waals surface area contributed by atoms with Crippen molar-refractivity contribution in [1.29, 1.82) is 0 Å². The minimum absolute atomic E-state index is 0.00652. The first-order valence-corrected chi connectivity index (χ1v) is 46.5. The maximum atomic E-state index is 13.5. The van der Waals surface area contributed by atoms with Crippen LogP contribution < -0.4 is 77.7 Å². The predicted molar refractivity (Wildman–Crippen MR) is 546 cm³/mol. The van der Waals surface area contributed by atoms with Crippen LogP contribution in [0, 0.1) is 20.8 Å². The number of aromatic amines is 2. The van der Waals surface area contributed by atoms with E-state index < -0.39 is 11.7 Å². The lowest BCUT2D eigenvalue weighted by Gasteiger charge is -2.22. The molecule has 26 nitrogen and oxygen atoms in total. The molecule has 136 heavy (non-hydrogen) atoms. The number of carboxylic acid groups (broad SMARTS) is 1. The summed E-state index contributed by atoms with van der Waals surface area (Å²) >= 11 is 0. The highest BCUT2D eigenvalue weighted by Crippen LogP contribution is 2.42. The number of aromatic carboxylic acids is 1. The molecule has 0 aliphatic carbocycles. The van der Waals surface area contributed by atoms with Gasteiger partial charge in [0.15, 0.2) is 11.6 Å². The largest absolute Gasteiger partial charge is 0.508 e. The van der Waals surface area contributed by atoms with Crippen molar-refractivity contribution >= 4 is 28.9 Å². The van der Waals surface area contributed by atoms with E-state index in [1.165, 1.54) is 16.2 Å². The number of hydrogen-bond donors (Lipinski definition) is 10. The number of methoxy groups -OCH3 is 4. The van der Waals surface area contributed by atoms with Crippen molar-refractivity contribution in [2.45, 2.75) is 210 Å². The Morgan fingerprint density at radius 2 is 0.794 bits per heavy atom. The number of aryl methyl sites for hydroxylation is 3. The van der Waals surface area contributed by atoms with Gasteiger partial charge in [0.25, 0.3) is 5.91 Å². The molecule has 2 aromatic heterocycles. The van der Waals surface area contributed by atoms with Crippen LogP contribution in [-0.4, -0.2) is 98.8 Å². The Morgan fingerprint density at radius 3 is 1.21 bits per heavy atom. The molecular formula is C110H138N12O14. The Morgan fingerprint density at radius 1 is 0.419 bits per heavy atom. The second-order valence-electron chi connectivity index (χ2n) is 35.0. The summed E-state index contributed by atoms with van der Waals surface area (Å²) in [5, 5.41) is 46.7. The zero-order valence-electron chi connectivity index (χ0n) is 82.4. The number of ether oxygens (including phenoxy) is 7. The Kier molecular flexibility index (Phi) is 39.5. The number of nitrogens with one attached hydrogen (secondary N) is 3. The van der Waals surface area contributed by atoms with Crippen LogP contribution in [0.5, 0.6) is 51.7 Å². The summed E-state index contributed by atoms with van der Waals surface area (Å²) in [6, 6.07) is 66.0. The van der Waals surface area contributed by atoms with Crippen LogP contribution in [0.25, 0.3) is 34.2 Å². The Labute approximate surface area is 800 Å². The van der Waals surface area contributed by atoms with Gasteiger partial charge in [-0.1, -0.05) is 193 Å². The molecule has 0 fully saturated rings. The third-order valence-electron chi connectivity index (χ3n) is 23.4. The van der Waals surface area contributed by atoms with Gasteiger partial charge in [0.05, 0.1) is 62.2 Å². The minimum atomic E-state index is -0.958. The molecule has 3 atom stereocenters. The molecule has 1 amide bonds. The van der Waals surface area contributed by atoms with E-state index in [0.717, 1.165) is 141 Å². The molecule has 0 saturated heterocycles. The zero-order chi connectivity index (χ0) is 99.1. The van der Waals surface area contributed by atoms with Crippen LogP contribution in [0.15, 0.2) is 222 Å². The fourth-order valence-corrected chi connectivity index (χ4v) is 16.2. The number of carboxylic acids is 1. The van der Waals surface area contributed by atoms with Crippen LogP contribution >= 0.6 is 0 Å². The number of anilines is 3. The first-order chi connectivity index (χ1) is 65.1. The Bertz CT molecular complexity index is 6210. The number of nitrogens with two attached hydrogens (primary N) is 4. The summed E-state index contributed by atoms with van der Waals surface area (Å²) in [6.07, 6.45) is 6.43. The zero-order valence-corrected chi connectivity index (χ0v) is 82.4. The van der Waals surface area contributed by atoms with E-state index in [0.29, 0.717) is 100.0 Å². The number of benzene rings is 11. The number of nitrogens with zero attached hydrogens (tertiary/aromatic N) is 5. The molecule has 0 radical (unpaired) electrons. The topological polar surface area (TPSA) is 380 Å². The highest BCUT2D eigenvalue weighted by atomic mass is 16.5. The third-order valence-corrected chi connectivity index (χ3v) is 23.4. The number of rotatable bonds is 36. The van der Waals surface area contributed by atoms with E-state index in [9.17, 15) is 34.5 Å². The van der Waals surface area contributed by atoms with Gasteiger partial charge in [0, 0.05) is 65.8 Å². The molecule has 13 aromatic rings. The summed E-state index contributed by atoms with van der Waals surface area (Å²) in [5.41, 5.74) is 42.2. The minimum Gasteiger partial charge on any atom is -0.508 e. The van der Waals surface area contributed by atoms with Crippen molar-refractivity contribution in [3.05, 3.63) is 317 Å². The average Bonchev–Trinajstić information content (AvgIpc) is 1.59. The fraction of sp³-hybridized carbons (Fsp3) is 0.345. The second-order valence-corrected chi connectivity index (χ2v) is 35.0. The van der Waals surface area contributed by atoms with Crippen molar-refractivity contribution in [3.8, 4) is 85.9 Å². The van der Waals surface area contributed by atoms with Crippen LogP contribution in [0.2, 0.25) is 0 Å². The highest BCUT2D eigenvalue weighted by molar-refractivity contribution is 6.07. The third kappa shape index (κ3) is 27.8. The number of aromatic hydroxyl groups is 2. The van der Waals surface area contributed by atoms with Gasteiger partial charge < -0.3 is 81.6 Å². The fourth-order valence-electron chi connectivity index (χ4n) is 16.2. The maximum absolute atomic E-state index is 13.5. The van der Waals surface area contributed by atoms with Gasteiger partial charge in [0.1, 0.15) is 77.1 Å². The number of nitrogen functional groups attached to an aromatic ring is 1. The molecule has 11 aromatic carbocycles. The maximum Gasteiger partial charge on any atom is 0.348 e. The number of aromatic nitrogens is 6. The quantitative estimate of drug-likeness (QED) is 0.0163. The molecular weight excluding hydrogens is 1710 g/mol. The van der Waals surface area contributed by atoms with Crippen molar-refractivity contribution in [3.63, 3.8) is 0 Å². The number of hydrogen-bond acceptors (Lipinski definition) is 20. The van der Waals surface area contributed by atoms with E-state index >= 15 is 0 Å². The summed E-state index contributed by atoms with van der Waals surface area (Å²) in [5.74, 6) is 4.89. The smallest absolute Gasteiger partial charge is 0.348 e. The van der Waals surface area contributed by atoms with E-state index in [2.05, 4.69) is 120 Å². The van der Waals surface area contributed by atoms with Gasteiger partial charge in [-0.15, -0.1) is 0 Å². The van der Waals surface area contributed by atoms with Gasteiger partial charge in [-0.3, -0.25) is 4.79 Å². The second kappa shape index (κ2) is 50.9. The van der Waals surface area contributed by atoms with Gasteiger partial charge in [-0.25, -0.2) is 33.7 Å². The molecule has 26 heteroatoms. The summed E-state index contributed by atoms with van der Waals surface area (Å²) < 4.78 is 42.9. The van der Waals surface area contributed by atoms with Gasteiger partial charge in [-0.2, -0.15) is 10.2 Å². The lowest BCUT2D eigenvalue weighted by Crippen LogP contribution is -2.19. The number of phenolic OH excluding ortho intramolecular Hbond substituents is 2. The molecule has 0 aliphatic rings. The lowest BCUT2D eigenvalue weighted by atomic mass is 9.94. The van der Waals surface area contributed by atoms with E-state index in [1.54, 1.807) is 63.3 Å². The monoisotopic (exact) mass is 1850 g/mol. The van der Waals surface area contributed by atoms with Crippen LogP contribution in [0.4, 0.5) is 17.1 Å². The molecule has 14 N–H and O–H groups in total. The molecule has 0 spiro atoms. The Balaban J connectivity index is 0.000000197. The standard InChI is InChI=1S/C30H36N4O3.C29H36N2O3.C22H28N4O4.C18H20O3.C11H18N2O/c1-6-10-26(31)24-16-22(13-14-27(24)36-5)34-29(32-33-30(34)35)25-17-23(19(2)3)20(4)15-28(25)37-18-21-11-8-7-9-12-21;1-7-15-31(5)26-17-23(13-14-27(26)33-6)30-29(32)25-18-24(20(2)3)21(4)16-28(25)34-19-22-11-9-8-10-12-22;1-5-6-17(23)15-9-13(7-8-20(15)30-4)26-21(24-25-22(26)29)16-10-14(12(2)3)18(27)11-19(16)28;1-12(2)15-10-16(18(19)20)17(9-13(15)3)21-11-14-7-5-4-6-8-14;1-3-4-10(13)9-7-8(12)5-6-11(9)14-2/h7-9,11-17,19,26H,6,10,18,31H2,1-5H3,(H,33,35);8-14,16-18,20H,7,15,19H2,1-6H3,(H,30,32);7-12,17,27-28H,5-6,23H2,1-4H3,(H,25,29);4-10,12H,11H2,1-3H3,(H,19,20);5-7,10H,3-4,12-13H2,1-2H3. The Hall–Kier alpha value is -14.1. The number of carbonyl (C=O) groups excluding carboxylic acids is 1. The predicted octanol–water partition coefficient (Wildman–Crippen LogP) is 22.9. The number of phenols is 2. The summed E-state index contributed by atoms with van der Waals surface area (Å²) in [6.45, 7) is 33.1. The molecule has 0 aliphatic heterocycles. The van der Waals surface area contributed by atoms with Gasteiger partial charge in [0.2, 0.25) is 0 Å². The van der Waals surface area contributed by atoms with Crippen LogP contribution in [-0.2, 0) is 19.8 Å². The molecule has 3 unspecified atom stereocenters. The summed E-state index contributed by atoms with van der Waals surface area (Å²) in [7, 11) is 8.54. The first kappa shape index (κ1) is 106.